The van der Waals surface area contributed by atoms with Gasteiger partial charge in [-0.05, 0) is 36.6 Å². The first-order valence-electron chi connectivity index (χ1n) is 6.15. The van der Waals surface area contributed by atoms with Gasteiger partial charge in [0.15, 0.2) is 0 Å². The lowest BCUT2D eigenvalue weighted by molar-refractivity contribution is 0.353. The second-order valence-electron chi connectivity index (χ2n) is 4.95. The molecule has 0 atom stereocenters. The van der Waals surface area contributed by atoms with E-state index in [2.05, 4.69) is 5.32 Å². The van der Waals surface area contributed by atoms with Crippen LogP contribution in [0, 0.1) is 0 Å². The summed E-state index contributed by atoms with van der Waals surface area (Å²) >= 11 is 0. The van der Waals surface area contributed by atoms with Gasteiger partial charge in [0.1, 0.15) is 0 Å². The quantitative estimate of drug-likeness (QED) is 0.812. The third-order valence-corrected chi connectivity index (χ3v) is 5.20. The minimum Gasteiger partial charge on any atom is -0.399 e. The van der Waals surface area contributed by atoms with E-state index in [0.717, 1.165) is 11.1 Å². The summed E-state index contributed by atoms with van der Waals surface area (Å²) in [5.74, 6) is 0. The van der Waals surface area contributed by atoms with Crippen LogP contribution in [0.2, 0.25) is 0 Å². The van der Waals surface area contributed by atoms with Crippen molar-refractivity contribution in [3.63, 3.8) is 0 Å². The van der Waals surface area contributed by atoms with Gasteiger partial charge in [-0.2, -0.15) is 0 Å². The highest BCUT2D eigenvalue weighted by atomic mass is 32.2. The first kappa shape index (κ1) is 11.7. The highest BCUT2D eigenvalue weighted by Gasteiger charge is 2.27. The van der Waals surface area contributed by atoms with Gasteiger partial charge in [-0.25, -0.2) is 8.42 Å². The molecule has 1 aromatic rings. The average molecular weight is 264 g/mol. The second-order valence-corrected chi connectivity index (χ2v) is 6.72. The van der Waals surface area contributed by atoms with E-state index in [1.165, 1.54) is 24.7 Å². The summed E-state index contributed by atoms with van der Waals surface area (Å²) in [5.41, 5.74) is 7.91. The maximum Gasteiger partial charge on any atom is 0.200 e. The predicted octanol–water partition coefficient (Wildman–Crippen LogP) is 1.54. The Kier molecular flexibility index (Phi) is 2.68. The molecule has 1 aliphatic heterocycles. The molecule has 0 aromatic heterocycles. The lowest BCUT2D eigenvalue weighted by Gasteiger charge is -2.26. The van der Waals surface area contributed by atoms with E-state index in [4.69, 9.17) is 5.73 Å². The number of hydrogen-bond donors (Lipinski definition) is 2. The Morgan fingerprint density at radius 2 is 2.11 bits per heavy atom. The van der Waals surface area contributed by atoms with Crippen LogP contribution in [0.1, 0.15) is 24.8 Å². The maximum absolute atomic E-state index is 12.0. The molecule has 0 bridgehead atoms. The predicted molar refractivity (Wildman–Crippen MR) is 71.7 cm³/mol. The monoisotopic (exact) mass is 264 g/mol. The summed E-state index contributed by atoms with van der Waals surface area (Å²) in [7, 11) is -3.27. The molecule has 1 saturated carbocycles. The molecule has 5 heteroatoms. The smallest absolute Gasteiger partial charge is 0.200 e. The fraction of sp³-hybridized carbons (Fsp3) is 0.385. The molecular formula is C13H16N2O2S. The van der Waals surface area contributed by atoms with Crippen molar-refractivity contribution >= 4 is 21.1 Å². The van der Waals surface area contributed by atoms with Crippen molar-refractivity contribution in [3.8, 4) is 0 Å². The molecule has 4 nitrogen and oxygen atoms in total. The first-order chi connectivity index (χ1) is 8.56. The van der Waals surface area contributed by atoms with Crippen molar-refractivity contribution < 1.29 is 8.42 Å². The number of sulfone groups is 1. The Morgan fingerprint density at radius 3 is 2.78 bits per heavy atom. The van der Waals surface area contributed by atoms with Crippen molar-refractivity contribution in [2.45, 2.75) is 30.2 Å². The molecule has 0 radical (unpaired) electrons. The van der Waals surface area contributed by atoms with Gasteiger partial charge in [-0.1, -0.05) is 6.42 Å². The van der Waals surface area contributed by atoms with Gasteiger partial charge in [0.05, 0.1) is 4.90 Å². The molecule has 1 fully saturated rings. The van der Waals surface area contributed by atoms with Crippen LogP contribution in [0.15, 0.2) is 28.5 Å². The van der Waals surface area contributed by atoms with E-state index < -0.39 is 9.84 Å². The van der Waals surface area contributed by atoms with Crippen LogP contribution in [0.5, 0.6) is 0 Å². The highest BCUT2D eigenvalue weighted by molar-refractivity contribution is 7.95. The molecule has 0 unspecified atom stereocenters. The molecule has 1 heterocycles. The Hall–Kier alpha value is -1.33. The van der Waals surface area contributed by atoms with Crippen LogP contribution in [-0.4, -0.2) is 21.0 Å². The molecular weight excluding hydrogens is 248 g/mol. The summed E-state index contributed by atoms with van der Waals surface area (Å²) in [6.45, 7) is 0.598. The third kappa shape index (κ3) is 1.93. The van der Waals surface area contributed by atoms with Gasteiger partial charge in [0, 0.05) is 29.2 Å². The average Bonchev–Trinajstić information content (AvgIpc) is 2.48. The Bertz CT molecular complexity index is 616. The van der Waals surface area contributed by atoms with Gasteiger partial charge < -0.3 is 11.1 Å². The zero-order valence-electron chi connectivity index (χ0n) is 10.0. The first-order valence-corrected chi connectivity index (χ1v) is 7.70. The van der Waals surface area contributed by atoms with E-state index in [-0.39, 0.29) is 0 Å². The zero-order chi connectivity index (χ0) is 12.8. The number of anilines is 1. The number of nitrogens with two attached hydrogens (primary N) is 1. The van der Waals surface area contributed by atoms with Crippen LogP contribution < -0.4 is 11.1 Å². The summed E-state index contributed by atoms with van der Waals surface area (Å²) in [5, 5.41) is 4.75. The molecule has 3 rings (SSSR count). The number of hydrogen-bond acceptors (Lipinski definition) is 4. The molecule has 3 N–H and O–H groups in total. The van der Waals surface area contributed by atoms with Crippen LogP contribution in [0.3, 0.4) is 0 Å². The Labute approximate surface area is 107 Å². The van der Waals surface area contributed by atoms with E-state index in [0.29, 0.717) is 23.2 Å². The van der Waals surface area contributed by atoms with E-state index in [1.807, 2.05) is 0 Å². The molecule has 0 spiro atoms. The van der Waals surface area contributed by atoms with E-state index >= 15 is 0 Å². The van der Waals surface area contributed by atoms with Crippen LogP contribution in [0.4, 0.5) is 5.69 Å². The van der Waals surface area contributed by atoms with Gasteiger partial charge in [-0.3, -0.25) is 0 Å². The third-order valence-electron chi connectivity index (χ3n) is 3.64. The number of benzene rings is 1. The van der Waals surface area contributed by atoms with Gasteiger partial charge in [0.25, 0.3) is 0 Å². The minimum absolute atomic E-state index is 0.377. The maximum atomic E-state index is 12.0. The lowest BCUT2D eigenvalue weighted by Crippen LogP contribution is -2.35. The number of nitrogen functional groups attached to an aromatic ring is 1. The topological polar surface area (TPSA) is 72.2 Å². The van der Waals surface area contributed by atoms with Gasteiger partial charge in [-0.15, -0.1) is 0 Å². The summed E-state index contributed by atoms with van der Waals surface area (Å²) in [4.78, 5) is 0.377. The minimum atomic E-state index is -3.27. The molecule has 1 aromatic carbocycles. The number of fused-ring (bicyclic) bond motifs is 1. The zero-order valence-corrected chi connectivity index (χ0v) is 10.8. The summed E-state index contributed by atoms with van der Waals surface area (Å²) in [6, 6.07) is 5.51. The van der Waals surface area contributed by atoms with Crippen LogP contribution in [-0.2, 0) is 9.84 Å². The number of nitrogens with one attached hydrogen (secondary N) is 1. The largest absolute Gasteiger partial charge is 0.399 e. The van der Waals surface area contributed by atoms with Crippen molar-refractivity contribution in [3.05, 3.63) is 29.2 Å². The molecule has 0 saturated heterocycles. The van der Waals surface area contributed by atoms with Crippen molar-refractivity contribution in [2.24, 2.45) is 0 Å². The highest BCUT2D eigenvalue weighted by Crippen LogP contribution is 2.34. The molecule has 0 amide bonds. The van der Waals surface area contributed by atoms with Crippen molar-refractivity contribution in [2.75, 3.05) is 12.3 Å². The molecule has 96 valence electrons. The van der Waals surface area contributed by atoms with E-state index in [1.54, 1.807) is 18.2 Å². The van der Waals surface area contributed by atoms with Crippen molar-refractivity contribution in [1.29, 1.82) is 0 Å². The SMILES string of the molecule is Nc1ccc2c(c1)C(CNC1CCC1)=CS2(=O)=O. The fourth-order valence-corrected chi connectivity index (χ4v) is 3.83. The normalized spacial score (nSPS) is 21.2. The summed E-state index contributed by atoms with van der Waals surface area (Å²) in [6.07, 6.45) is 3.63. The van der Waals surface area contributed by atoms with E-state index in [9.17, 15) is 8.42 Å². The Balaban J connectivity index is 1.89. The van der Waals surface area contributed by atoms with Crippen molar-refractivity contribution in [1.82, 2.24) is 5.32 Å². The van der Waals surface area contributed by atoms with Gasteiger partial charge >= 0.3 is 0 Å². The summed E-state index contributed by atoms with van der Waals surface area (Å²) < 4.78 is 23.9. The standard InChI is InChI=1S/C13H16N2O2S/c14-10-4-5-13-12(6-10)9(8-18(13,16)17)7-15-11-2-1-3-11/h4-6,8,11,15H,1-3,7,14H2. The second kappa shape index (κ2) is 4.10. The molecule has 18 heavy (non-hydrogen) atoms. The number of rotatable bonds is 3. The van der Waals surface area contributed by atoms with Crippen LogP contribution >= 0.6 is 0 Å². The molecule has 1 aliphatic carbocycles. The van der Waals surface area contributed by atoms with Gasteiger partial charge in [0.2, 0.25) is 9.84 Å². The lowest BCUT2D eigenvalue weighted by atomic mass is 9.93. The fourth-order valence-electron chi connectivity index (χ4n) is 2.36. The Morgan fingerprint density at radius 1 is 1.33 bits per heavy atom. The molecule has 2 aliphatic rings. The van der Waals surface area contributed by atoms with Crippen LogP contribution in [0.25, 0.3) is 5.57 Å².